The van der Waals surface area contributed by atoms with E-state index in [2.05, 4.69) is 10.6 Å². The molecule has 7 nitrogen and oxygen atoms in total. The average molecular weight is 261 g/mol. The molecule has 0 aromatic carbocycles. The molecule has 0 unspecified atom stereocenters. The third-order valence-corrected chi connectivity index (χ3v) is 1.85. The molecule has 0 saturated carbocycles. The lowest BCUT2D eigenvalue weighted by atomic mass is 10.2. The molecule has 0 atom stereocenters. The topological polar surface area (TPSA) is 90.9 Å². The van der Waals surface area contributed by atoms with Gasteiger partial charge in [-0.15, -0.1) is 0 Å². The number of nitrogens with one attached hydrogen (secondary N) is 2. The van der Waals surface area contributed by atoms with Crippen LogP contribution in [0.5, 0.6) is 0 Å². The van der Waals surface area contributed by atoms with Crippen LogP contribution in [0.2, 0.25) is 0 Å². The molecule has 0 heterocycles. The quantitative estimate of drug-likeness (QED) is 0.614. The normalized spacial score (nSPS) is 10.7. The zero-order valence-corrected chi connectivity index (χ0v) is 11.4. The minimum atomic E-state index is -0.533. The Morgan fingerprint density at radius 3 is 2.28 bits per heavy atom. The maximum absolute atomic E-state index is 11.4. The van der Waals surface area contributed by atoms with E-state index in [0.29, 0.717) is 6.54 Å². The number of carbonyl (C=O) groups is 2. The van der Waals surface area contributed by atoms with Gasteiger partial charge in [0, 0.05) is 26.7 Å². The molecular formula is C11H23N3O4. The van der Waals surface area contributed by atoms with Crippen molar-refractivity contribution in [3.63, 3.8) is 0 Å². The van der Waals surface area contributed by atoms with Crippen molar-refractivity contribution in [1.29, 1.82) is 0 Å². The number of amides is 3. The monoisotopic (exact) mass is 261 g/mol. The fourth-order valence-corrected chi connectivity index (χ4v) is 1.03. The molecule has 0 saturated heterocycles. The highest BCUT2D eigenvalue weighted by molar-refractivity contribution is 5.74. The summed E-state index contributed by atoms with van der Waals surface area (Å²) in [6.45, 7) is 6.10. The standard InChI is InChI=1S/C11H23N3O4/c1-11(2,3)18-10(17)13-6-5-12-9(16)14(4)7-8-15/h15H,5-8H2,1-4H3,(H,12,16)(H,13,17). The molecular weight excluding hydrogens is 238 g/mol. The number of aliphatic hydroxyl groups is 1. The predicted molar refractivity (Wildman–Crippen MR) is 67.4 cm³/mol. The van der Waals surface area contributed by atoms with Crippen LogP contribution in [0.1, 0.15) is 20.8 Å². The first-order valence-corrected chi connectivity index (χ1v) is 5.83. The molecule has 106 valence electrons. The van der Waals surface area contributed by atoms with E-state index in [1.165, 1.54) is 4.90 Å². The van der Waals surface area contributed by atoms with Gasteiger partial charge in [-0.3, -0.25) is 0 Å². The third kappa shape index (κ3) is 8.63. The lowest BCUT2D eigenvalue weighted by Gasteiger charge is -2.20. The SMILES string of the molecule is CN(CCO)C(=O)NCCNC(=O)OC(C)(C)C. The summed E-state index contributed by atoms with van der Waals surface area (Å²) in [6.07, 6.45) is -0.513. The molecule has 7 heteroatoms. The Kier molecular flexibility index (Phi) is 7.11. The van der Waals surface area contributed by atoms with Gasteiger partial charge in [0.25, 0.3) is 0 Å². The van der Waals surface area contributed by atoms with Crippen molar-refractivity contribution >= 4 is 12.1 Å². The van der Waals surface area contributed by atoms with Gasteiger partial charge < -0.3 is 25.4 Å². The van der Waals surface area contributed by atoms with Crippen LogP contribution in [-0.2, 0) is 4.74 Å². The molecule has 0 aliphatic heterocycles. The van der Waals surface area contributed by atoms with Crippen LogP contribution in [0.15, 0.2) is 0 Å². The molecule has 18 heavy (non-hydrogen) atoms. The first-order valence-electron chi connectivity index (χ1n) is 5.83. The fraction of sp³-hybridized carbons (Fsp3) is 0.818. The summed E-state index contributed by atoms with van der Waals surface area (Å²) in [5, 5.41) is 13.8. The molecule has 0 rings (SSSR count). The van der Waals surface area contributed by atoms with Gasteiger partial charge in [-0.2, -0.15) is 0 Å². The van der Waals surface area contributed by atoms with Gasteiger partial charge >= 0.3 is 12.1 Å². The van der Waals surface area contributed by atoms with E-state index < -0.39 is 11.7 Å². The highest BCUT2D eigenvalue weighted by Gasteiger charge is 2.15. The fourth-order valence-electron chi connectivity index (χ4n) is 1.03. The maximum atomic E-state index is 11.4. The second-order valence-corrected chi connectivity index (χ2v) is 4.81. The minimum absolute atomic E-state index is 0.0833. The number of carbonyl (C=O) groups excluding carboxylic acids is 2. The number of hydrogen-bond acceptors (Lipinski definition) is 4. The lowest BCUT2D eigenvalue weighted by molar-refractivity contribution is 0.0528. The smallest absolute Gasteiger partial charge is 0.407 e. The number of ether oxygens (including phenoxy) is 1. The van der Waals surface area contributed by atoms with Crippen LogP contribution in [0.3, 0.4) is 0 Å². The molecule has 0 aliphatic rings. The molecule has 0 spiro atoms. The Balaban J connectivity index is 3.68. The zero-order chi connectivity index (χ0) is 14.2. The summed E-state index contributed by atoms with van der Waals surface area (Å²) in [6, 6.07) is -0.296. The lowest BCUT2D eigenvalue weighted by Crippen LogP contribution is -2.43. The number of nitrogens with zero attached hydrogens (tertiary/aromatic N) is 1. The summed E-state index contributed by atoms with van der Waals surface area (Å²) >= 11 is 0. The van der Waals surface area contributed by atoms with Crippen LogP contribution in [0.4, 0.5) is 9.59 Å². The first-order chi connectivity index (χ1) is 8.26. The van der Waals surface area contributed by atoms with E-state index in [4.69, 9.17) is 9.84 Å². The van der Waals surface area contributed by atoms with Gasteiger partial charge in [0.1, 0.15) is 5.60 Å². The second-order valence-electron chi connectivity index (χ2n) is 4.81. The number of likely N-dealkylation sites (N-methyl/N-ethyl adjacent to an activating group) is 1. The highest BCUT2D eigenvalue weighted by atomic mass is 16.6. The molecule has 0 aromatic rings. The Hall–Kier alpha value is -1.50. The summed E-state index contributed by atoms with van der Waals surface area (Å²) in [5.74, 6) is 0. The van der Waals surface area contributed by atoms with E-state index >= 15 is 0 Å². The van der Waals surface area contributed by atoms with E-state index in [1.54, 1.807) is 27.8 Å². The van der Waals surface area contributed by atoms with Crippen LogP contribution >= 0.6 is 0 Å². The molecule has 0 aromatic heterocycles. The van der Waals surface area contributed by atoms with Gasteiger partial charge in [0.15, 0.2) is 0 Å². The van der Waals surface area contributed by atoms with Crippen LogP contribution in [0, 0.1) is 0 Å². The summed E-state index contributed by atoms with van der Waals surface area (Å²) in [4.78, 5) is 24.0. The minimum Gasteiger partial charge on any atom is -0.444 e. The third-order valence-electron chi connectivity index (χ3n) is 1.85. The number of alkyl carbamates (subject to hydrolysis) is 1. The molecule has 0 bridgehead atoms. The molecule has 0 aliphatic carbocycles. The molecule has 0 fully saturated rings. The number of rotatable bonds is 5. The van der Waals surface area contributed by atoms with Crippen molar-refractivity contribution < 1.29 is 19.4 Å². The highest BCUT2D eigenvalue weighted by Crippen LogP contribution is 2.05. The Labute approximate surface area is 107 Å². The van der Waals surface area contributed by atoms with E-state index in [0.717, 1.165) is 0 Å². The van der Waals surface area contributed by atoms with Gasteiger partial charge in [0.05, 0.1) is 6.61 Å². The Bertz CT molecular complexity index is 276. The zero-order valence-electron chi connectivity index (χ0n) is 11.4. The van der Waals surface area contributed by atoms with Gasteiger partial charge in [0.2, 0.25) is 0 Å². The number of hydrogen-bond donors (Lipinski definition) is 3. The molecule has 3 N–H and O–H groups in total. The number of aliphatic hydroxyl groups excluding tert-OH is 1. The maximum Gasteiger partial charge on any atom is 0.407 e. The van der Waals surface area contributed by atoms with Gasteiger partial charge in [-0.1, -0.05) is 0 Å². The summed E-state index contributed by atoms with van der Waals surface area (Å²) in [5.41, 5.74) is -0.533. The van der Waals surface area contributed by atoms with Gasteiger partial charge in [-0.25, -0.2) is 9.59 Å². The van der Waals surface area contributed by atoms with Crippen molar-refractivity contribution in [2.75, 3.05) is 33.3 Å². The van der Waals surface area contributed by atoms with E-state index in [1.807, 2.05) is 0 Å². The molecule has 0 radical (unpaired) electrons. The Morgan fingerprint density at radius 2 is 1.78 bits per heavy atom. The van der Waals surface area contributed by atoms with Crippen molar-refractivity contribution in [2.45, 2.75) is 26.4 Å². The Morgan fingerprint density at radius 1 is 1.22 bits per heavy atom. The largest absolute Gasteiger partial charge is 0.444 e. The summed E-state index contributed by atoms with van der Waals surface area (Å²) < 4.78 is 5.02. The first kappa shape index (κ1) is 16.5. The second kappa shape index (κ2) is 7.75. The predicted octanol–water partition coefficient (Wildman–Crippen LogP) is 0.145. The van der Waals surface area contributed by atoms with Crippen molar-refractivity contribution in [2.24, 2.45) is 0 Å². The number of urea groups is 1. The van der Waals surface area contributed by atoms with Crippen molar-refractivity contribution in [3.05, 3.63) is 0 Å². The van der Waals surface area contributed by atoms with Crippen molar-refractivity contribution in [3.8, 4) is 0 Å². The van der Waals surface area contributed by atoms with Crippen LogP contribution in [-0.4, -0.2) is 61.0 Å². The van der Waals surface area contributed by atoms with E-state index in [-0.39, 0.29) is 25.7 Å². The van der Waals surface area contributed by atoms with Gasteiger partial charge in [-0.05, 0) is 20.8 Å². The van der Waals surface area contributed by atoms with E-state index in [9.17, 15) is 9.59 Å². The van der Waals surface area contributed by atoms with Crippen molar-refractivity contribution in [1.82, 2.24) is 15.5 Å². The average Bonchev–Trinajstić information content (AvgIpc) is 2.21. The van der Waals surface area contributed by atoms with Crippen LogP contribution < -0.4 is 10.6 Å². The molecule has 3 amide bonds. The van der Waals surface area contributed by atoms with Crippen LogP contribution in [0.25, 0.3) is 0 Å². The summed E-state index contributed by atoms with van der Waals surface area (Å²) in [7, 11) is 1.58.